The maximum Gasteiger partial charge on any atom is 0.310 e. The van der Waals surface area contributed by atoms with Crippen LogP contribution in [-0.2, 0) is 26.6 Å². The number of carboxylic acid groups (broad SMARTS) is 2. The van der Waals surface area contributed by atoms with Crippen LogP contribution in [0.15, 0.2) is 72.8 Å². The normalized spacial score (nSPS) is 14.1. The maximum atomic E-state index is 12.7. The topological polar surface area (TPSA) is 104 Å². The number of aliphatic hydroxyl groups excluding tert-OH is 1. The summed E-state index contributed by atoms with van der Waals surface area (Å²) in [4.78, 5) is 24.8. The zero-order valence-corrected chi connectivity index (χ0v) is 21.0. The first-order valence-electron chi connectivity index (χ1n) is 11.3. The Morgan fingerprint density at radius 2 is 1.49 bits per heavy atom. The number of hydrogen-bond acceptors (Lipinski definition) is 4. The lowest BCUT2D eigenvalue weighted by atomic mass is 9.72. The van der Waals surface area contributed by atoms with E-state index in [0.717, 1.165) is 0 Å². The molecule has 0 bridgehead atoms. The average Bonchev–Trinajstić information content (AvgIpc) is 2.82. The van der Waals surface area contributed by atoms with Crippen molar-refractivity contribution in [1.82, 2.24) is 0 Å². The van der Waals surface area contributed by atoms with Crippen LogP contribution in [0, 0.1) is 0 Å². The quantitative estimate of drug-likeness (QED) is 0.367. The second-order valence-corrected chi connectivity index (χ2v) is 10.3. The molecule has 0 fully saturated rings. The second-order valence-electron chi connectivity index (χ2n) is 9.47. The number of benzene rings is 3. The Morgan fingerprint density at radius 3 is 2.06 bits per heavy atom. The summed E-state index contributed by atoms with van der Waals surface area (Å²) in [6.07, 6.45) is -0.426. The number of carboxylic acids is 2. The lowest BCUT2D eigenvalue weighted by Crippen LogP contribution is -2.44. The van der Waals surface area contributed by atoms with Crippen molar-refractivity contribution < 1.29 is 29.6 Å². The van der Waals surface area contributed by atoms with Gasteiger partial charge in [0.2, 0.25) is 0 Å². The van der Waals surface area contributed by atoms with Gasteiger partial charge in [-0.3, -0.25) is 9.59 Å². The summed E-state index contributed by atoms with van der Waals surface area (Å²) in [5.41, 5.74) is 1.76. The largest absolute Gasteiger partial charge is 0.481 e. The lowest BCUT2D eigenvalue weighted by Gasteiger charge is -2.37. The molecule has 0 saturated carbocycles. The summed E-state index contributed by atoms with van der Waals surface area (Å²) < 4.78 is 6.26. The Bertz CT molecular complexity index is 1200. The van der Waals surface area contributed by atoms with E-state index in [9.17, 15) is 24.9 Å². The van der Waals surface area contributed by atoms with Crippen LogP contribution in [0.3, 0.4) is 0 Å². The molecular weight excluding hydrogens is 460 g/mol. The van der Waals surface area contributed by atoms with Gasteiger partial charge in [-0.1, -0.05) is 81.4 Å². The van der Waals surface area contributed by atoms with Gasteiger partial charge in [0.05, 0.1) is 28.3 Å². The van der Waals surface area contributed by atoms with Gasteiger partial charge >= 0.3 is 11.9 Å². The van der Waals surface area contributed by atoms with E-state index in [1.807, 2.05) is 20.8 Å². The van der Waals surface area contributed by atoms with Gasteiger partial charge in [0.15, 0.2) is 0 Å². The molecular formula is C28H29O6Si. The molecule has 0 saturated heterocycles. The predicted octanol–water partition coefficient (Wildman–Crippen LogP) is 4.98. The van der Waals surface area contributed by atoms with Crippen LogP contribution in [0.2, 0.25) is 0 Å². The zero-order valence-electron chi connectivity index (χ0n) is 20.0. The van der Waals surface area contributed by atoms with E-state index in [4.69, 9.17) is 4.74 Å². The second kappa shape index (κ2) is 10.5. The molecule has 0 aliphatic carbocycles. The predicted molar refractivity (Wildman–Crippen MR) is 134 cm³/mol. The van der Waals surface area contributed by atoms with Crippen molar-refractivity contribution in [1.29, 1.82) is 0 Å². The van der Waals surface area contributed by atoms with E-state index >= 15 is 0 Å². The summed E-state index contributed by atoms with van der Waals surface area (Å²) in [6, 6.07) is 20.9. The Morgan fingerprint density at radius 1 is 0.886 bits per heavy atom. The van der Waals surface area contributed by atoms with Gasteiger partial charge in [-0.05, 0) is 28.7 Å². The van der Waals surface area contributed by atoms with E-state index in [2.05, 4.69) is 10.2 Å². The first-order chi connectivity index (χ1) is 16.5. The molecule has 3 rings (SSSR count). The summed E-state index contributed by atoms with van der Waals surface area (Å²) in [5, 5.41) is 28.3. The fourth-order valence-electron chi connectivity index (χ4n) is 4.42. The highest BCUT2D eigenvalue weighted by molar-refractivity contribution is 6.28. The van der Waals surface area contributed by atoms with Crippen molar-refractivity contribution in [3.8, 4) is 11.5 Å². The standard InChI is InChI=1S/C28H29O6Si/c1-27(2,3)25-20(13-9-15-23(25)34-22-14-8-7-10-18(22)17-29)21(16-24(30)31)28(35,26(32)33)19-11-5-4-6-12-19/h4-15,21,29H,16-17H2,1-3H3,(H,30,31)(H,32,33). The fourth-order valence-corrected chi connectivity index (χ4v) is 4.85. The van der Waals surface area contributed by atoms with Gasteiger partial charge in [-0.15, -0.1) is 0 Å². The van der Waals surface area contributed by atoms with Crippen LogP contribution < -0.4 is 4.74 Å². The average molecular weight is 490 g/mol. The van der Waals surface area contributed by atoms with Crippen molar-refractivity contribution in [3.05, 3.63) is 95.1 Å². The molecule has 0 heterocycles. The van der Waals surface area contributed by atoms with E-state index in [1.54, 1.807) is 72.8 Å². The van der Waals surface area contributed by atoms with Crippen LogP contribution in [0.5, 0.6) is 11.5 Å². The van der Waals surface area contributed by atoms with Gasteiger partial charge in [0, 0.05) is 17.0 Å². The maximum absolute atomic E-state index is 12.7. The third kappa shape index (κ3) is 5.47. The van der Waals surface area contributed by atoms with Crippen molar-refractivity contribution in [2.45, 2.75) is 50.2 Å². The Labute approximate surface area is 208 Å². The number of ether oxygens (including phenoxy) is 1. The van der Waals surface area contributed by atoms with E-state index in [1.165, 1.54) is 0 Å². The molecule has 3 radical (unpaired) electrons. The molecule has 2 atom stereocenters. The van der Waals surface area contributed by atoms with Crippen LogP contribution in [0.4, 0.5) is 0 Å². The van der Waals surface area contributed by atoms with Gasteiger partial charge in [0.1, 0.15) is 11.5 Å². The third-order valence-electron chi connectivity index (χ3n) is 6.01. The molecule has 6 nitrogen and oxygen atoms in total. The van der Waals surface area contributed by atoms with Crippen LogP contribution in [0.1, 0.15) is 55.4 Å². The number of para-hydroxylation sites is 1. The number of rotatable bonds is 9. The molecule has 7 heteroatoms. The molecule has 3 aromatic rings. The zero-order chi connectivity index (χ0) is 25.8. The molecule has 0 aromatic heterocycles. The number of hydrogen-bond donors (Lipinski definition) is 3. The van der Waals surface area contributed by atoms with Crippen molar-refractivity contribution in [2.75, 3.05) is 0 Å². The molecule has 0 aliphatic heterocycles. The van der Waals surface area contributed by atoms with E-state index in [0.29, 0.717) is 33.8 Å². The monoisotopic (exact) mass is 489 g/mol. The van der Waals surface area contributed by atoms with E-state index in [-0.39, 0.29) is 6.61 Å². The molecule has 181 valence electrons. The molecule has 0 aliphatic rings. The third-order valence-corrected chi connectivity index (χ3v) is 6.87. The molecule has 0 spiro atoms. The Hall–Kier alpha value is -3.42. The first kappa shape index (κ1) is 26.2. The molecule has 0 amide bonds. The number of aliphatic hydroxyl groups is 1. The van der Waals surface area contributed by atoms with E-state index < -0.39 is 34.7 Å². The number of carbonyl (C=O) groups is 2. The SMILES string of the molecule is CC(C)(C)c1c(Oc2ccccc2CO)cccc1C(CC(=O)O)C([Si])(C(=O)O)c1ccccc1. The molecule has 2 unspecified atom stereocenters. The summed E-state index contributed by atoms with van der Waals surface area (Å²) in [7, 11) is 3.54. The minimum absolute atomic E-state index is 0.209. The van der Waals surface area contributed by atoms with Crippen LogP contribution in [0.25, 0.3) is 0 Å². The van der Waals surface area contributed by atoms with Gasteiger partial charge in [-0.25, -0.2) is 0 Å². The van der Waals surface area contributed by atoms with Gasteiger partial charge in [-0.2, -0.15) is 0 Å². The lowest BCUT2D eigenvalue weighted by molar-refractivity contribution is -0.142. The summed E-state index contributed by atoms with van der Waals surface area (Å²) in [5.74, 6) is -2.34. The molecule has 3 aromatic carbocycles. The Kier molecular flexibility index (Phi) is 7.82. The van der Waals surface area contributed by atoms with Crippen LogP contribution >= 0.6 is 0 Å². The highest BCUT2D eigenvalue weighted by Gasteiger charge is 2.46. The molecule has 35 heavy (non-hydrogen) atoms. The first-order valence-corrected chi connectivity index (χ1v) is 11.8. The van der Waals surface area contributed by atoms with Crippen molar-refractivity contribution >= 4 is 22.2 Å². The van der Waals surface area contributed by atoms with Crippen molar-refractivity contribution in [3.63, 3.8) is 0 Å². The minimum Gasteiger partial charge on any atom is -0.481 e. The van der Waals surface area contributed by atoms with Crippen LogP contribution in [-0.4, -0.2) is 37.5 Å². The van der Waals surface area contributed by atoms with Gasteiger partial charge < -0.3 is 20.1 Å². The van der Waals surface area contributed by atoms with Gasteiger partial charge in [0.25, 0.3) is 0 Å². The fraction of sp³-hybridized carbons (Fsp3) is 0.286. The smallest absolute Gasteiger partial charge is 0.310 e. The summed E-state index contributed by atoms with van der Waals surface area (Å²) in [6.45, 7) is 5.69. The van der Waals surface area contributed by atoms with Crippen molar-refractivity contribution in [2.24, 2.45) is 0 Å². The Balaban J connectivity index is 2.29. The number of aliphatic carboxylic acids is 2. The highest BCUT2D eigenvalue weighted by Crippen LogP contribution is 2.47. The minimum atomic E-state index is -1.71. The highest BCUT2D eigenvalue weighted by atomic mass is 28.1. The summed E-state index contributed by atoms with van der Waals surface area (Å²) >= 11 is 0. The molecule has 3 N–H and O–H groups in total.